The van der Waals surface area contributed by atoms with Crippen molar-refractivity contribution >= 4 is 17.7 Å². The first-order valence-electron chi connectivity index (χ1n) is 7.94. The van der Waals surface area contributed by atoms with Crippen molar-refractivity contribution in [1.29, 1.82) is 0 Å². The van der Waals surface area contributed by atoms with E-state index >= 15 is 0 Å². The molecule has 0 spiro atoms. The molecule has 2 aromatic carbocycles. The third-order valence-electron chi connectivity index (χ3n) is 4.11. The minimum Gasteiger partial charge on any atom is -0.466 e. The third-order valence-corrected chi connectivity index (χ3v) is 4.11. The van der Waals surface area contributed by atoms with Gasteiger partial charge in [-0.05, 0) is 23.3 Å². The summed E-state index contributed by atoms with van der Waals surface area (Å²) in [7, 11) is 1.19. The van der Waals surface area contributed by atoms with Crippen molar-refractivity contribution in [1.82, 2.24) is 10.6 Å². The van der Waals surface area contributed by atoms with Crippen LogP contribution in [-0.4, -0.2) is 19.1 Å². The normalized spacial score (nSPS) is 17.2. The highest BCUT2D eigenvalue weighted by molar-refractivity contribution is 6.04. The highest BCUT2D eigenvalue weighted by Crippen LogP contribution is 2.34. The predicted octanol–water partition coefficient (Wildman–Crippen LogP) is 3.64. The molecule has 3 rings (SSSR count). The van der Waals surface area contributed by atoms with Gasteiger partial charge in [0.2, 0.25) is 0 Å². The number of esters is 1. The topological polar surface area (TPSA) is 67.4 Å². The van der Waals surface area contributed by atoms with Crippen LogP contribution in [0.3, 0.4) is 0 Å². The van der Waals surface area contributed by atoms with Crippen molar-refractivity contribution in [3.63, 3.8) is 0 Å². The Morgan fingerprint density at radius 2 is 1.67 bits per heavy atom. The smallest absolute Gasteiger partial charge is 0.416 e. The number of ether oxygens (including phenoxy) is 1. The molecule has 0 radical (unpaired) electrons. The number of methoxy groups -OCH3 is 1. The summed E-state index contributed by atoms with van der Waals surface area (Å²) in [6.45, 7) is 0. The molecule has 5 nitrogen and oxygen atoms in total. The van der Waals surface area contributed by atoms with Gasteiger partial charge in [0.05, 0.1) is 30.0 Å². The molecule has 1 aliphatic heterocycles. The van der Waals surface area contributed by atoms with Crippen LogP contribution < -0.4 is 10.6 Å². The van der Waals surface area contributed by atoms with Crippen LogP contribution >= 0.6 is 0 Å². The Hall–Kier alpha value is -3.29. The lowest BCUT2D eigenvalue weighted by Gasteiger charge is -2.29. The first kappa shape index (κ1) is 18.5. The molecule has 140 valence electrons. The molecule has 0 fully saturated rings. The second kappa shape index (κ2) is 7.14. The number of alkyl halides is 3. The van der Waals surface area contributed by atoms with Gasteiger partial charge in [0.25, 0.3) is 0 Å². The van der Waals surface area contributed by atoms with Gasteiger partial charge in [-0.1, -0.05) is 42.5 Å². The van der Waals surface area contributed by atoms with Crippen molar-refractivity contribution in [3.8, 4) is 0 Å². The van der Waals surface area contributed by atoms with E-state index in [1.165, 1.54) is 19.2 Å². The van der Waals surface area contributed by atoms with Gasteiger partial charge in [-0.25, -0.2) is 9.59 Å². The Morgan fingerprint density at radius 3 is 2.22 bits per heavy atom. The van der Waals surface area contributed by atoms with Gasteiger partial charge in [0.15, 0.2) is 0 Å². The maximum absolute atomic E-state index is 12.8. The number of benzene rings is 2. The monoisotopic (exact) mass is 376 g/mol. The lowest BCUT2D eigenvalue weighted by atomic mass is 9.92. The predicted molar refractivity (Wildman–Crippen MR) is 91.2 cm³/mol. The van der Waals surface area contributed by atoms with Crippen LogP contribution in [0.4, 0.5) is 18.0 Å². The molecule has 2 amide bonds. The zero-order valence-electron chi connectivity index (χ0n) is 14.1. The Kier molecular flexibility index (Phi) is 4.89. The number of amides is 2. The Bertz CT molecular complexity index is 891. The van der Waals surface area contributed by atoms with Gasteiger partial charge in [0, 0.05) is 0 Å². The van der Waals surface area contributed by atoms with E-state index < -0.39 is 29.8 Å². The van der Waals surface area contributed by atoms with E-state index in [1.807, 2.05) is 0 Å². The Morgan fingerprint density at radius 1 is 1.04 bits per heavy atom. The van der Waals surface area contributed by atoms with Crippen LogP contribution in [0.1, 0.15) is 22.7 Å². The number of carbonyl (C=O) groups excluding carboxylic acids is 2. The lowest BCUT2D eigenvalue weighted by molar-refractivity contribution is -0.138. The largest absolute Gasteiger partial charge is 0.466 e. The number of carbonyl (C=O) groups is 2. The minimum atomic E-state index is -4.48. The first-order valence-corrected chi connectivity index (χ1v) is 7.94. The molecule has 8 heteroatoms. The molecule has 2 N–H and O–H groups in total. The molecule has 0 aromatic heterocycles. The summed E-state index contributed by atoms with van der Waals surface area (Å²) in [5, 5.41) is 5.15. The molecule has 1 heterocycles. The van der Waals surface area contributed by atoms with E-state index in [1.54, 1.807) is 30.3 Å². The van der Waals surface area contributed by atoms with Crippen LogP contribution in [0.5, 0.6) is 0 Å². The summed E-state index contributed by atoms with van der Waals surface area (Å²) in [6.07, 6.45) is -4.48. The van der Waals surface area contributed by atoms with Crippen molar-refractivity contribution < 1.29 is 27.5 Å². The average Bonchev–Trinajstić information content (AvgIpc) is 2.67. The third kappa shape index (κ3) is 3.79. The number of hydrogen-bond acceptors (Lipinski definition) is 3. The maximum atomic E-state index is 12.8. The van der Waals surface area contributed by atoms with Crippen LogP contribution in [0.25, 0.3) is 5.70 Å². The fourth-order valence-electron chi connectivity index (χ4n) is 2.84. The van der Waals surface area contributed by atoms with E-state index in [2.05, 4.69) is 10.6 Å². The van der Waals surface area contributed by atoms with Crippen molar-refractivity contribution in [2.24, 2.45) is 0 Å². The van der Waals surface area contributed by atoms with E-state index in [0.29, 0.717) is 11.1 Å². The number of hydrogen-bond donors (Lipinski definition) is 2. The SMILES string of the molecule is COC(=O)C1=C(c2ccccc2)NC(=O)NC1c1ccc(C(F)(F)F)cc1. The molecule has 2 aromatic rings. The summed E-state index contributed by atoms with van der Waals surface area (Å²) < 4.78 is 43.2. The second-order valence-corrected chi connectivity index (χ2v) is 5.80. The molecular formula is C19H15F3N2O3. The molecule has 0 aliphatic carbocycles. The number of urea groups is 1. The molecule has 1 unspecified atom stereocenters. The fraction of sp³-hybridized carbons (Fsp3) is 0.158. The molecule has 27 heavy (non-hydrogen) atoms. The van der Waals surface area contributed by atoms with E-state index in [9.17, 15) is 22.8 Å². The molecule has 0 bridgehead atoms. The van der Waals surface area contributed by atoms with Crippen LogP contribution in [-0.2, 0) is 15.7 Å². The summed E-state index contributed by atoms with van der Waals surface area (Å²) in [4.78, 5) is 24.5. The van der Waals surface area contributed by atoms with E-state index in [0.717, 1.165) is 12.1 Å². The van der Waals surface area contributed by atoms with Gasteiger partial charge < -0.3 is 15.4 Å². The van der Waals surface area contributed by atoms with Crippen LogP contribution in [0.2, 0.25) is 0 Å². The van der Waals surface area contributed by atoms with Gasteiger partial charge in [-0.2, -0.15) is 13.2 Å². The minimum absolute atomic E-state index is 0.100. The lowest BCUT2D eigenvalue weighted by Crippen LogP contribution is -2.45. The second-order valence-electron chi connectivity index (χ2n) is 5.80. The Balaban J connectivity index is 2.12. The number of halogens is 3. The van der Waals surface area contributed by atoms with Crippen LogP contribution in [0, 0.1) is 0 Å². The highest BCUT2D eigenvalue weighted by atomic mass is 19.4. The molecular weight excluding hydrogens is 361 g/mol. The average molecular weight is 376 g/mol. The standard InChI is InChI=1S/C19H15F3N2O3/c1-27-17(25)14-15(11-5-3-2-4-6-11)23-18(26)24-16(14)12-7-9-13(10-8-12)19(20,21)22/h2-10,16H,1H3,(H2,23,24,26). The van der Waals surface area contributed by atoms with E-state index in [-0.39, 0.29) is 11.3 Å². The number of rotatable bonds is 3. The molecule has 0 saturated carbocycles. The summed E-state index contributed by atoms with van der Waals surface area (Å²) in [5.74, 6) is -0.703. The molecule has 1 atom stereocenters. The van der Waals surface area contributed by atoms with Gasteiger partial charge in [-0.15, -0.1) is 0 Å². The molecule has 1 aliphatic rings. The van der Waals surface area contributed by atoms with Gasteiger partial charge in [0.1, 0.15) is 0 Å². The van der Waals surface area contributed by atoms with Crippen molar-refractivity contribution in [2.45, 2.75) is 12.2 Å². The Labute approximate surface area is 152 Å². The zero-order valence-corrected chi connectivity index (χ0v) is 14.1. The summed E-state index contributed by atoms with van der Waals surface area (Å²) in [6, 6.07) is 11.4. The van der Waals surface area contributed by atoms with Crippen LogP contribution in [0.15, 0.2) is 60.2 Å². The van der Waals surface area contributed by atoms with Crippen molar-refractivity contribution in [2.75, 3.05) is 7.11 Å². The maximum Gasteiger partial charge on any atom is 0.416 e. The highest BCUT2D eigenvalue weighted by Gasteiger charge is 2.35. The van der Waals surface area contributed by atoms with Gasteiger partial charge >= 0.3 is 18.2 Å². The molecule has 0 saturated heterocycles. The van der Waals surface area contributed by atoms with Crippen molar-refractivity contribution in [3.05, 3.63) is 76.9 Å². The fourth-order valence-corrected chi connectivity index (χ4v) is 2.84. The number of nitrogens with one attached hydrogen (secondary N) is 2. The van der Waals surface area contributed by atoms with Gasteiger partial charge in [-0.3, -0.25) is 0 Å². The zero-order chi connectivity index (χ0) is 19.6. The van der Waals surface area contributed by atoms with E-state index in [4.69, 9.17) is 4.74 Å². The summed E-state index contributed by atoms with van der Waals surface area (Å²) in [5.41, 5.74) is 0.425. The quantitative estimate of drug-likeness (QED) is 0.804. The summed E-state index contributed by atoms with van der Waals surface area (Å²) >= 11 is 0. The first-order chi connectivity index (χ1) is 12.8.